The number of amides is 1. The maximum atomic E-state index is 11.4. The summed E-state index contributed by atoms with van der Waals surface area (Å²) in [7, 11) is 0. The summed E-state index contributed by atoms with van der Waals surface area (Å²) in [5.74, 6) is 0.379. The van der Waals surface area contributed by atoms with E-state index >= 15 is 0 Å². The Bertz CT molecular complexity index is 810. The molecule has 120 valence electrons. The van der Waals surface area contributed by atoms with Gasteiger partial charge in [0.25, 0.3) is 0 Å². The topological polar surface area (TPSA) is 75.0 Å². The van der Waals surface area contributed by atoms with E-state index in [1.54, 1.807) is 12.1 Å². The zero-order valence-electron chi connectivity index (χ0n) is 13.5. The lowest BCUT2D eigenvalue weighted by Gasteiger charge is -2.15. The summed E-state index contributed by atoms with van der Waals surface area (Å²) in [4.78, 5) is 16.0. The summed E-state index contributed by atoms with van der Waals surface area (Å²) < 4.78 is 5.58. The summed E-state index contributed by atoms with van der Waals surface area (Å²) in [6.45, 7) is 7.66. The number of carbonyl (C=O) groups excluding carboxylic acids is 1. The Kier molecular flexibility index (Phi) is 5.07. The van der Waals surface area contributed by atoms with Crippen LogP contribution < -0.4 is 10.1 Å². The summed E-state index contributed by atoms with van der Waals surface area (Å²) in [6, 6.07) is 5.56. The number of hydrogen-bond acceptors (Lipinski definition) is 4. The fraction of sp³-hybridized carbons (Fsp3) is 0.353. The molecule has 0 radical (unpaired) electrons. The van der Waals surface area contributed by atoms with Gasteiger partial charge in [-0.3, -0.25) is 9.78 Å². The molecule has 0 saturated heterocycles. The van der Waals surface area contributed by atoms with Gasteiger partial charge in [0, 0.05) is 18.4 Å². The lowest BCUT2D eigenvalue weighted by Crippen LogP contribution is -2.08. The fourth-order valence-electron chi connectivity index (χ4n) is 2.36. The number of carbonyl (C=O) groups is 1. The third-order valence-electron chi connectivity index (χ3n) is 3.32. The van der Waals surface area contributed by atoms with E-state index in [4.69, 9.17) is 16.3 Å². The molecule has 1 aromatic heterocycles. The standard InChI is InChI=1S/C17H18ClN3O2/c1-5-23-15-7-13-11(6-14(15)20-10(4)22)16(18)12(8-19)17(21-13)9(2)3/h6-7,9H,5H2,1-4H3,(H,20,22). The van der Waals surface area contributed by atoms with Crippen LogP contribution in [0.25, 0.3) is 10.9 Å². The smallest absolute Gasteiger partial charge is 0.221 e. The number of benzene rings is 1. The van der Waals surface area contributed by atoms with E-state index in [1.807, 2.05) is 20.8 Å². The average Bonchev–Trinajstić information content (AvgIpc) is 2.48. The van der Waals surface area contributed by atoms with Gasteiger partial charge in [0.2, 0.25) is 5.91 Å². The van der Waals surface area contributed by atoms with Gasteiger partial charge in [0.05, 0.1) is 34.1 Å². The lowest BCUT2D eigenvalue weighted by molar-refractivity contribution is -0.114. The van der Waals surface area contributed by atoms with Crippen LogP contribution in [-0.2, 0) is 4.79 Å². The summed E-state index contributed by atoms with van der Waals surface area (Å²) in [6.07, 6.45) is 0. The number of nitrogens with one attached hydrogen (secondary N) is 1. The Morgan fingerprint density at radius 3 is 2.70 bits per heavy atom. The molecule has 1 heterocycles. The van der Waals surface area contributed by atoms with Crippen LogP contribution in [0.1, 0.15) is 44.9 Å². The third kappa shape index (κ3) is 3.38. The normalized spacial score (nSPS) is 10.7. The maximum Gasteiger partial charge on any atom is 0.221 e. The molecule has 2 rings (SSSR count). The molecule has 0 bridgehead atoms. The minimum atomic E-state index is -0.214. The summed E-state index contributed by atoms with van der Waals surface area (Å²) in [5.41, 5.74) is 2.17. The van der Waals surface area contributed by atoms with Crippen LogP contribution in [0, 0.1) is 11.3 Å². The highest BCUT2D eigenvalue weighted by molar-refractivity contribution is 6.36. The number of nitriles is 1. The van der Waals surface area contributed by atoms with Gasteiger partial charge in [-0.2, -0.15) is 5.26 Å². The van der Waals surface area contributed by atoms with Gasteiger partial charge in [0.15, 0.2) is 0 Å². The second kappa shape index (κ2) is 6.84. The lowest BCUT2D eigenvalue weighted by atomic mass is 10.0. The number of ether oxygens (including phenoxy) is 1. The number of hydrogen-bond donors (Lipinski definition) is 1. The Morgan fingerprint density at radius 2 is 2.17 bits per heavy atom. The van der Waals surface area contributed by atoms with Crippen molar-refractivity contribution in [2.24, 2.45) is 0 Å². The maximum absolute atomic E-state index is 11.4. The Balaban J connectivity index is 2.79. The molecule has 6 heteroatoms. The van der Waals surface area contributed by atoms with Crippen molar-refractivity contribution in [2.75, 3.05) is 11.9 Å². The van der Waals surface area contributed by atoms with E-state index in [0.717, 1.165) is 0 Å². The predicted molar refractivity (Wildman–Crippen MR) is 91.0 cm³/mol. The first-order valence-electron chi connectivity index (χ1n) is 7.36. The van der Waals surface area contributed by atoms with Crippen LogP contribution in [0.2, 0.25) is 5.02 Å². The van der Waals surface area contributed by atoms with Gasteiger partial charge in [0.1, 0.15) is 11.8 Å². The van der Waals surface area contributed by atoms with Crippen molar-refractivity contribution in [3.8, 4) is 11.8 Å². The van der Waals surface area contributed by atoms with Crippen LogP contribution in [0.3, 0.4) is 0 Å². The highest BCUT2D eigenvalue weighted by atomic mass is 35.5. The highest BCUT2D eigenvalue weighted by Gasteiger charge is 2.18. The molecule has 0 aliphatic carbocycles. The first-order chi connectivity index (χ1) is 10.9. The van der Waals surface area contributed by atoms with Crippen LogP contribution >= 0.6 is 11.6 Å². The third-order valence-corrected chi connectivity index (χ3v) is 3.71. The van der Waals surface area contributed by atoms with E-state index < -0.39 is 0 Å². The Hall–Kier alpha value is -2.32. The molecular weight excluding hydrogens is 314 g/mol. The summed E-state index contributed by atoms with van der Waals surface area (Å²) in [5, 5.41) is 13.1. The number of nitrogens with zero attached hydrogens (tertiary/aromatic N) is 2. The number of rotatable bonds is 4. The quantitative estimate of drug-likeness (QED) is 0.909. The number of halogens is 1. The zero-order valence-corrected chi connectivity index (χ0v) is 14.3. The van der Waals surface area contributed by atoms with Crippen molar-refractivity contribution in [2.45, 2.75) is 33.6 Å². The van der Waals surface area contributed by atoms with Crippen molar-refractivity contribution in [3.05, 3.63) is 28.4 Å². The van der Waals surface area contributed by atoms with Crippen molar-refractivity contribution >= 4 is 34.1 Å². The summed E-state index contributed by atoms with van der Waals surface area (Å²) >= 11 is 6.41. The SMILES string of the molecule is CCOc1cc2nc(C(C)C)c(C#N)c(Cl)c2cc1NC(C)=O. The van der Waals surface area contributed by atoms with Crippen LogP contribution in [0.4, 0.5) is 5.69 Å². The van der Waals surface area contributed by atoms with Gasteiger partial charge in [-0.05, 0) is 18.9 Å². The predicted octanol–water partition coefficient (Wildman–Crippen LogP) is 4.24. The van der Waals surface area contributed by atoms with Crippen LogP contribution in [-0.4, -0.2) is 17.5 Å². The van der Waals surface area contributed by atoms with E-state index in [1.165, 1.54) is 6.92 Å². The van der Waals surface area contributed by atoms with Gasteiger partial charge in [-0.1, -0.05) is 25.4 Å². The molecule has 0 saturated carbocycles. The van der Waals surface area contributed by atoms with Crippen molar-refractivity contribution in [1.82, 2.24) is 4.98 Å². The molecule has 0 unspecified atom stereocenters. The van der Waals surface area contributed by atoms with Gasteiger partial charge in [-0.25, -0.2) is 0 Å². The van der Waals surface area contributed by atoms with Gasteiger partial charge >= 0.3 is 0 Å². The molecule has 2 aromatic rings. The van der Waals surface area contributed by atoms with Gasteiger partial charge in [-0.15, -0.1) is 0 Å². The van der Waals surface area contributed by atoms with E-state index in [0.29, 0.717) is 45.2 Å². The second-order valence-corrected chi connectivity index (χ2v) is 5.81. The van der Waals surface area contributed by atoms with Gasteiger partial charge < -0.3 is 10.1 Å². The minimum Gasteiger partial charge on any atom is -0.492 e. The van der Waals surface area contributed by atoms with Crippen molar-refractivity contribution < 1.29 is 9.53 Å². The molecule has 23 heavy (non-hydrogen) atoms. The van der Waals surface area contributed by atoms with Crippen LogP contribution in [0.5, 0.6) is 5.75 Å². The first-order valence-corrected chi connectivity index (χ1v) is 7.74. The molecule has 0 spiro atoms. The highest BCUT2D eigenvalue weighted by Crippen LogP contribution is 2.37. The molecule has 0 aliphatic heterocycles. The second-order valence-electron chi connectivity index (χ2n) is 5.43. The molecule has 5 nitrogen and oxygen atoms in total. The minimum absolute atomic E-state index is 0.0668. The number of anilines is 1. The first kappa shape index (κ1) is 17.0. The van der Waals surface area contributed by atoms with Crippen LogP contribution in [0.15, 0.2) is 12.1 Å². The average molecular weight is 332 g/mol. The van der Waals surface area contributed by atoms with E-state index in [-0.39, 0.29) is 11.8 Å². The number of pyridine rings is 1. The van der Waals surface area contributed by atoms with E-state index in [2.05, 4.69) is 16.4 Å². The fourth-order valence-corrected chi connectivity index (χ4v) is 2.65. The Morgan fingerprint density at radius 1 is 1.48 bits per heavy atom. The molecular formula is C17H18ClN3O2. The van der Waals surface area contributed by atoms with Crippen molar-refractivity contribution in [1.29, 1.82) is 5.26 Å². The number of fused-ring (bicyclic) bond motifs is 1. The monoisotopic (exact) mass is 331 g/mol. The molecule has 0 fully saturated rings. The molecule has 1 N–H and O–H groups in total. The van der Waals surface area contributed by atoms with Crippen molar-refractivity contribution in [3.63, 3.8) is 0 Å². The largest absolute Gasteiger partial charge is 0.492 e. The Labute approximate surface area is 140 Å². The van der Waals surface area contributed by atoms with E-state index in [9.17, 15) is 10.1 Å². The number of aromatic nitrogens is 1. The molecule has 1 amide bonds. The zero-order chi connectivity index (χ0) is 17.1. The molecule has 0 atom stereocenters. The molecule has 0 aliphatic rings. The molecule has 1 aromatic carbocycles.